The van der Waals surface area contributed by atoms with Crippen LogP contribution in [0.2, 0.25) is 0 Å². The molecule has 0 saturated carbocycles. The molecule has 0 spiro atoms. The van der Waals surface area contributed by atoms with Crippen LogP contribution in [-0.4, -0.2) is 61.0 Å². The van der Waals surface area contributed by atoms with Gasteiger partial charge in [-0.05, 0) is 50.4 Å². The summed E-state index contributed by atoms with van der Waals surface area (Å²) in [5, 5.41) is 0. The Morgan fingerprint density at radius 2 is 1.19 bits per heavy atom. The molecule has 2 fully saturated rings. The van der Waals surface area contributed by atoms with Crippen LogP contribution < -0.4 is 11.5 Å². The Balaban J connectivity index is 0.00000364. The number of nitrogens with zero attached hydrogens (tertiary/aromatic N) is 4. The minimum absolute atomic E-state index is 0. The van der Waals surface area contributed by atoms with Crippen molar-refractivity contribution < 1.29 is 0 Å². The average Bonchev–Trinajstić information content (AvgIpc) is 2.63. The lowest BCUT2D eigenvalue weighted by Crippen LogP contribution is -2.43. The molecule has 2 aliphatic rings. The summed E-state index contributed by atoms with van der Waals surface area (Å²) >= 11 is 0. The molecule has 2 unspecified atom stereocenters. The summed E-state index contributed by atoms with van der Waals surface area (Å²) < 4.78 is 0. The monoisotopic (exact) mass is 492 g/mol. The molecular weight excluding hydrogens is 451 g/mol. The van der Waals surface area contributed by atoms with E-state index in [-0.39, 0.29) is 24.0 Å². The maximum Gasteiger partial charge on any atom is 0.191 e. The molecule has 2 aliphatic heterocycles. The average molecular weight is 492 g/mol. The highest BCUT2D eigenvalue weighted by Gasteiger charge is 2.18. The smallest absolute Gasteiger partial charge is 0.191 e. The summed E-state index contributed by atoms with van der Waals surface area (Å²) in [6, 6.07) is 0. The fraction of sp³-hybridized carbons (Fsp3) is 0.900. The van der Waals surface area contributed by atoms with Crippen LogP contribution in [0.4, 0.5) is 0 Å². The number of nitrogens with two attached hydrogens (primary N) is 2. The van der Waals surface area contributed by atoms with Gasteiger partial charge in [0, 0.05) is 39.3 Å². The van der Waals surface area contributed by atoms with E-state index in [0.29, 0.717) is 0 Å². The van der Waals surface area contributed by atoms with Gasteiger partial charge in [0.25, 0.3) is 0 Å². The zero-order valence-corrected chi connectivity index (χ0v) is 19.7. The Labute approximate surface area is 183 Å². The van der Waals surface area contributed by atoms with E-state index in [0.717, 1.165) is 75.9 Å². The van der Waals surface area contributed by atoms with Crippen LogP contribution in [0.3, 0.4) is 0 Å². The molecule has 0 aromatic carbocycles. The zero-order valence-electron chi connectivity index (χ0n) is 17.4. The minimum atomic E-state index is 0. The van der Waals surface area contributed by atoms with Gasteiger partial charge >= 0.3 is 0 Å². The lowest BCUT2D eigenvalue weighted by molar-refractivity contribution is 0.270. The van der Waals surface area contributed by atoms with Crippen LogP contribution in [0.25, 0.3) is 0 Å². The molecule has 0 aromatic rings. The van der Waals surface area contributed by atoms with Gasteiger partial charge in [0.05, 0.1) is 0 Å². The lowest BCUT2D eigenvalue weighted by Gasteiger charge is -2.31. The largest absolute Gasteiger partial charge is 0.370 e. The van der Waals surface area contributed by atoms with Gasteiger partial charge in [-0.15, -0.1) is 24.0 Å². The van der Waals surface area contributed by atoms with Crippen molar-refractivity contribution in [1.29, 1.82) is 0 Å². The van der Waals surface area contributed by atoms with E-state index in [1.165, 1.54) is 38.5 Å². The molecule has 2 heterocycles. The zero-order chi connectivity index (χ0) is 18.8. The molecule has 27 heavy (non-hydrogen) atoms. The van der Waals surface area contributed by atoms with Crippen LogP contribution in [0.5, 0.6) is 0 Å². The predicted octanol–water partition coefficient (Wildman–Crippen LogP) is 3.26. The fourth-order valence-corrected chi connectivity index (χ4v) is 3.96. The molecule has 0 aromatic heterocycles. The van der Waals surface area contributed by atoms with Gasteiger partial charge in [0.2, 0.25) is 0 Å². The topological polar surface area (TPSA) is 83.2 Å². The van der Waals surface area contributed by atoms with Gasteiger partial charge in [0.15, 0.2) is 11.9 Å². The van der Waals surface area contributed by atoms with E-state index in [9.17, 15) is 0 Å². The lowest BCUT2D eigenvalue weighted by atomic mass is 10.0. The molecule has 2 saturated heterocycles. The third kappa shape index (κ3) is 9.34. The van der Waals surface area contributed by atoms with E-state index in [4.69, 9.17) is 11.5 Å². The van der Waals surface area contributed by atoms with E-state index in [2.05, 4.69) is 33.6 Å². The van der Waals surface area contributed by atoms with Gasteiger partial charge in [-0.1, -0.05) is 26.7 Å². The fourth-order valence-electron chi connectivity index (χ4n) is 3.96. The molecule has 0 aliphatic carbocycles. The van der Waals surface area contributed by atoms with Gasteiger partial charge < -0.3 is 21.3 Å². The predicted molar refractivity (Wildman–Crippen MR) is 127 cm³/mol. The Morgan fingerprint density at radius 3 is 1.56 bits per heavy atom. The summed E-state index contributed by atoms with van der Waals surface area (Å²) in [5.41, 5.74) is 12.3. The Morgan fingerprint density at radius 1 is 0.778 bits per heavy atom. The first-order chi connectivity index (χ1) is 12.6. The van der Waals surface area contributed by atoms with Crippen molar-refractivity contribution in [2.75, 3.05) is 39.3 Å². The molecule has 158 valence electrons. The first-order valence-corrected chi connectivity index (χ1v) is 10.7. The highest BCUT2D eigenvalue weighted by Crippen LogP contribution is 2.16. The summed E-state index contributed by atoms with van der Waals surface area (Å²) in [6.45, 7) is 10.5. The van der Waals surface area contributed by atoms with Crippen molar-refractivity contribution >= 4 is 35.9 Å². The number of halogens is 1. The number of aliphatic imine (C=N–C) groups is 2. The van der Waals surface area contributed by atoms with Gasteiger partial charge in [-0.2, -0.15) is 0 Å². The number of unbranched alkanes of at least 4 members (excludes halogenated alkanes) is 3. The number of likely N-dealkylation sites (tertiary alicyclic amines) is 2. The third-order valence-electron chi connectivity index (χ3n) is 5.58. The van der Waals surface area contributed by atoms with Crippen LogP contribution in [0.1, 0.15) is 65.2 Å². The molecule has 0 bridgehead atoms. The molecule has 4 N–H and O–H groups in total. The molecule has 0 amide bonds. The molecule has 0 radical (unpaired) electrons. The van der Waals surface area contributed by atoms with Crippen molar-refractivity contribution in [3.05, 3.63) is 0 Å². The SMILES string of the molecule is CC1CCCN(C(N)=NCCCCCCN=C(N)N2CCCC(C)C2)C1.I. The second-order valence-electron chi connectivity index (χ2n) is 8.28. The van der Waals surface area contributed by atoms with E-state index in [1.54, 1.807) is 0 Å². The molecule has 2 atom stereocenters. The first kappa shape index (κ1) is 24.3. The van der Waals surface area contributed by atoms with Crippen LogP contribution in [-0.2, 0) is 0 Å². The van der Waals surface area contributed by atoms with Crippen molar-refractivity contribution in [3.63, 3.8) is 0 Å². The summed E-state index contributed by atoms with van der Waals surface area (Å²) in [4.78, 5) is 13.6. The maximum absolute atomic E-state index is 6.13. The number of piperidine rings is 2. The minimum Gasteiger partial charge on any atom is -0.370 e. The highest BCUT2D eigenvalue weighted by molar-refractivity contribution is 14.0. The van der Waals surface area contributed by atoms with Crippen molar-refractivity contribution in [2.24, 2.45) is 33.3 Å². The Kier molecular flexibility index (Phi) is 12.1. The van der Waals surface area contributed by atoms with Crippen LogP contribution in [0, 0.1) is 11.8 Å². The van der Waals surface area contributed by atoms with Crippen molar-refractivity contribution in [3.8, 4) is 0 Å². The Bertz CT molecular complexity index is 425. The second kappa shape index (κ2) is 13.4. The number of hydrogen-bond acceptors (Lipinski definition) is 2. The summed E-state index contributed by atoms with van der Waals surface area (Å²) in [6.07, 6.45) is 9.67. The number of rotatable bonds is 7. The van der Waals surface area contributed by atoms with Crippen LogP contribution >= 0.6 is 24.0 Å². The quantitative estimate of drug-likeness (QED) is 0.247. The molecule has 2 rings (SSSR count). The highest BCUT2D eigenvalue weighted by atomic mass is 127. The Hall–Kier alpha value is -0.730. The number of hydrogen-bond donors (Lipinski definition) is 2. The normalized spacial score (nSPS) is 24.7. The van der Waals surface area contributed by atoms with Gasteiger partial charge in [0.1, 0.15) is 0 Å². The standard InChI is InChI=1S/C20H40N6.HI/c1-17-9-7-13-25(15-17)19(21)23-11-5-3-4-6-12-24-20(22)26-14-8-10-18(2)16-26;/h17-18H,3-16H2,1-2H3,(H2,21,23)(H2,22,24);1H. The second-order valence-corrected chi connectivity index (χ2v) is 8.28. The maximum atomic E-state index is 6.13. The van der Waals surface area contributed by atoms with Crippen LogP contribution in [0.15, 0.2) is 9.98 Å². The molecule has 7 heteroatoms. The van der Waals surface area contributed by atoms with Gasteiger partial charge in [-0.25, -0.2) is 0 Å². The summed E-state index contributed by atoms with van der Waals surface area (Å²) in [5.74, 6) is 2.95. The van der Waals surface area contributed by atoms with Crippen molar-refractivity contribution in [1.82, 2.24) is 9.80 Å². The van der Waals surface area contributed by atoms with Gasteiger partial charge in [-0.3, -0.25) is 9.98 Å². The van der Waals surface area contributed by atoms with E-state index in [1.807, 2.05) is 0 Å². The third-order valence-corrected chi connectivity index (χ3v) is 5.58. The summed E-state index contributed by atoms with van der Waals surface area (Å²) in [7, 11) is 0. The molecule has 6 nitrogen and oxygen atoms in total. The molecular formula is C20H41IN6. The van der Waals surface area contributed by atoms with E-state index >= 15 is 0 Å². The first-order valence-electron chi connectivity index (χ1n) is 10.7. The number of guanidine groups is 2. The van der Waals surface area contributed by atoms with E-state index < -0.39 is 0 Å². The van der Waals surface area contributed by atoms with Crippen molar-refractivity contribution in [2.45, 2.75) is 65.2 Å².